The number of benzene rings is 2. The maximum absolute atomic E-state index is 3.28. The molecule has 1 heterocycles. The Balaban J connectivity index is 2.65. The van der Waals surface area contributed by atoms with Crippen molar-refractivity contribution in [2.45, 2.75) is 0 Å². The molecule has 1 aromatic heterocycles. The second-order valence-corrected chi connectivity index (χ2v) is 3.95. The molecule has 0 bridgehead atoms. The summed E-state index contributed by atoms with van der Waals surface area (Å²) in [6.45, 7) is 0. The topological polar surface area (TPSA) is 14.1 Å². The molecule has 0 saturated carbocycles. The Kier molecular flexibility index (Phi) is 1.37. The van der Waals surface area contributed by atoms with Crippen LogP contribution in [0, 0.1) is 0 Å². The Bertz CT molecular complexity index is 568. The summed E-state index contributed by atoms with van der Waals surface area (Å²) in [4.78, 5) is 3.28. The van der Waals surface area contributed by atoms with E-state index in [2.05, 4.69) is 41.4 Å². The van der Waals surface area contributed by atoms with E-state index in [0.29, 0.717) is 0 Å². The van der Waals surface area contributed by atoms with Crippen molar-refractivity contribution >= 4 is 32.3 Å². The highest BCUT2D eigenvalue weighted by Crippen LogP contribution is 2.23. The third-order valence-corrected chi connectivity index (χ3v) is 3.11. The van der Waals surface area contributed by atoms with Crippen molar-refractivity contribution in [3.63, 3.8) is 0 Å². The van der Waals surface area contributed by atoms with Crippen LogP contribution in [0.25, 0.3) is 21.0 Å². The molecule has 3 rings (SSSR count). The molecule has 0 radical (unpaired) electrons. The summed E-state index contributed by atoms with van der Waals surface area (Å²) in [5.41, 5.74) is 3.28. The third kappa shape index (κ3) is 0.956. The van der Waals surface area contributed by atoms with Gasteiger partial charge >= 0.3 is 0 Å². The predicted molar refractivity (Wildman–Crippen MR) is 55.9 cm³/mol. The number of hydrogen-bond acceptors (Lipinski definition) is 1. The van der Waals surface area contributed by atoms with E-state index in [1.807, 2.05) is 5.51 Å². The van der Waals surface area contributed by atoms with Gasteiger partial charge < -0.3 is 0 Å². The summed E-state index contributed by atoms with van der Waals surface area (Å²) < 4.78 is 1.32. The molecule has 0 saturated heterocycles. The quantitative estimate of drug-likeness (QED) is 0.512. The van der Waals surface area contributed by atoms with Crippen LogP contribution < -0.4 is 4.98 Å². The molecule has 13 heavy (non-hydrogen) atoms. The summed E-state index contributed by atoms with van der Waals surface area (Å²) in [6.07, 6.45) is 0. The first-order valence-corrected chi connectivity index (χ1v) is 5.10. The molecule has 0 aliphatic carbocycles. The minimum atomic E-state index is 1.25. The van der Waals surface area contributed by atoms with E-state index in [1.54, 1.807) is 11.3 Å². The predicted octanol–water partition coefficient (Wildman–Crippen LogP) is 2.87. The zero-order valence-corrected chi connectivity index (χ0v) is 7.77. The van der Waals surface area contributed by atoms with Crippen LogP contribution in [0.4, 0.5) is 0 Å². The molecule has 1 N–H and O–H groups in total. The first kappa shape index (κ1) is 7.04. The number of H-pyrrole nitrogens is 1. The number of aromatic nitrogens is 1. The van der Waals surface area contributed by atoms with Gasteiger partial charge in [-0.2, -0.15) is 0 Å². The SMILES string of the molecule is c1ccc2c(c1)ccc1sc[nH+]c12. The van der Waals surface area contributed by atoms with E-state index >= 15 is 0 Å². The minimum Gasteiger partial charge on any atom is -0.201 e. The zero-order valence-electron chi connectivity index (χ0n) is 6.95. The minimum absolute atomic E-state index is 1.25. The Morgan fingerprint density at radius 2 is 1.92 bits per heavy atom. The Morgan fingerprint density at radius 1 is 1.00 bits per heavy atom. The first-order valence-electron chi connectivity index (χ1n) is 4.22. The summed E-state index contributed by atoms with van der Waals surface area (Å²) in [5, 5.41) is 2.60. The second kappa shape index (κ2) is 2.54. The Hall–Kier alpha value is -1.41. The van der Waals surface area contributed by atoms with Crippen molar-refractivity contribution in [3.05, 3.63) is 41.9 Å². The van der Waals surface area contributed by atoms with Crippen molar-refractivity contribution in [2.75, 3.05) is 0 Å². The molecule has 62 valence electrons. The average Bonchev–Trinajstić information content (AvgIpc) is 2.65. The lowest BCUT2D eigenvalue weighted by Gasteiger charge is -1.93. The average molecular weight is 186 g/mol. The lowest BCUT2D eigenvalue weighted by atomic mass is 10.1. The van der Waals surface area contributed by atoms with Crippen molar-refractivity contribution < 1.29 is 4.98 Å². The molecule has 3 aromatic rings. The molecule has 0 aliphatic heterocycles. The van der Waals surface area contributed by atoms with Gasteiger partial charge in [-0.3, -0.25) is 0 Å². The van der Waals surface area contributed by atoms with Gasteiger partial charge in [-0.1, -0.05) is 35.6 Å². The van der Waals surface area contributed by atoms with Crippen LogP contribution in [0.15, 0.2) is 41.9 Å². The lowest BCUT2D eigenvalue weighted by molar-refractivity contribution is -0.336. The van der Waals surface area contributed by atoms with Gasteiger partial charge in [-0.25, -0.2) is 4.98 Å². The van der Waals surface area contributed by atoms with Crippen molar-refractivity contribution in [2.24, 2.45) is 0 Å². The van der Waals surface area contributed by atoms with Gasteiger partial charge in [-0.15, -0.1) is 0 Å². The van der Waals surface area contributed by atoms with E-state index in [1.165, 1.54) is 21.0 Å². The van der Waals surface area contributed by atoms with E-state index < -0.39 is 0 Å². The van der Waals surface area contributed by atoms with Gasteiger partial charge in [0.15, 0.2) is 0 Å². The molecule has 0 aliphatic rings. The zero-order chi connectivity index (χ0) is 8.67. The molecule has 0 atom stereocenters. The fraction of sp³-hybridized carbons (Fsp3) is 0. The molecule has 0 unspecified atom stereocenters. The summed E-state index contributed by atoms with van der Waals surface area (Å²) in [6, 6.07) is 12.8. The van der Waals surface area contributed by atoms with Crippen LogP contribution in [0.1, 0.15) is 0 Å². The van der Waals surface area contributed by atoms with Crippen LogP contribution in [0.5, 0.6) is 0 Å². The highest BCUT2D eigenvalue weighted by Gasteiger charge is 2.06. The smallest absolute Gasteiger partial charge is 0.201 e. The third-order valence-electron chi connectivity index (χ3n) is 2.28. The van der Waals surface area contributed by atoms with Crippen LogP contribution >= 0.6 is 11.3 Å². The molecule has 0 fully saturated rings. The fourth-order valence-electron chi connectivity index (χ4n) is 1.65. The van der Waals surface area contributed by atoms with Gasteiger partial charge in [0.1, 0.15) is 4.70 Å². The van der Waals surface area contributed by atoms with E-state index in [-0.39, 0.29) is 0 Å². The molecule has 0 spiro atoms. The fourth-order valence-corrected chi connectivity index (χ4v) is 2.39. The van der Waals surface area contributed by atoms with Crippen molar-refractivity contribution in [1.82, 2.24) is 0 Å². The van der Waals surface area contributed by atoms with Gasteiger partial charge in [-0.05, 0) is 17.5 Å². The number of hydrogen-bond donors (Lipinski definition) is 0. The van der Waals surface area contributed by atoms with Gasteiger partial charge in [0, 0.05) is 0 Å². The lowest BCUT2D eigenvalue weighted by Crippen LogP contribution is -1.94. The number of aromatic amines is 1. The van der Waals surface area contributed by atoms with Gasteiger partial charge in [0.2, 0.25) is 11.0 Å². The van der Waals surface area contributed by atoms with E-state index in [9.17, 15) is 0 Å². The monoisotopic (exact) mass is 186 g/mol. The number of thiazole rings is 1. The van der Waals surface area contributed by atoms with Crippen LogP contribution in [0.2, 0.25) is 0 Å². The maximum atomic E-state index is 3.28. The number of rotatable bonds is 0. The van der Waals surface area contributed by atoms with E-state index in [4.69, 9.17) is 0 Å². The van der Waals surface area contributed by atoms with Crippen molar-refractivity contribution in [1.29, 1.82) is 0 Å². The maximum Gasteiger partial charge on any atom is 0.229 e. The molecule has 1 nitrogen and oxygen atoms in total. The highest BCUT2D eigenvalue weighted by molar-refractivity contribution is 7.16. The summed E-state index contributed by atoms with van der Waals surface area (Å²) >= 11 is 1.75. The highest BCUT2D eigenvalue weighted by atomic mass is 32.1. The molecule has 0 amide bonds. The molecule has 2 aromatic carbocycles. The Labute approximate surface area is 79.7 Å². The molecular formula is C11H8NS+. The molecule has 2 heteroatoms. The summed E-state index contributed by atoms with van der Waals surface area (Å²) in [7, 11) is 0. The Morgan fingerprint density at radius 3 is 2.92 bits per heavy atom. The summed E-state index contributed by atoms with van der Waals surface area (Å²) in [5.74, 6) is 0. The van der Waals surface area contributed by atoms with Gasteiger partial charge in [0.05, 0.1) is 5.39 Å². The van der Waals surface area contributed by atoms with Crippen molar-refractivity contribution in [3.8, 4) is 0 Å². The normalized spacial score (nSPS) is 11.1. The number of nitrogens with one attached hydrogen (secondary N) is 1. The number of fused-ring (bicyclic) bond motifs is 3. The second-order valence-electron chi connectivity index (χ2n) is 3.04. The molecular weight excluding hydrogens is 178 g/mol. The standard InChI is InChI=1S/C11H7NS/c1-2-4-9-8(3-1)5-6-10-11(9)12-7-13-10/h1-7H/p+1. The van der Waals surface area contributed by atoms with Gasteiger partial charge in [0.25, 0.3) is 0 Å². The van der Waals surface area contributed by atoms with Crippen LogP contribution in [-0.4, -0.2) is 0 Å². The first-order chi connectivity index (χ1) is 6.45. The van der Waals surface area contributed by atoms with Crippen LogP contribution in [0.3, 0.4) is 0 Å². The van der Waals surface area contributed by atoms with E-state index in [0.717, 1.165) is 0 Å². The van der Waals surface area contributed by atoms with Crippen LogP contribution in [-0.2, 0) is 0 Å². The largest absolute Gasteiger partial charge is 0.229 e.